The van der Waals surface area contributed by atoms with Crippen molar-refractivity contribution in [3.8, 4) is 0 Å². The molecule has 0 spiro atoms. The minimum atomic E-state index is -3.57. The van der Waals surface area contributed by atoms with E-state index in [-0.39, 0.29) is 29.6 Å². The van der Waals surface area contributed by atoms with E-state index >= 15 is 0 Å². The fourth-order valence-corrected chi connectivity index (χ4v) is 3.23. The predicted molar refractivity (Wildman–Crippen MR) is 73.3 cm³/mol. The highest BCUT2D eigenvalue weighted by Crippen LogP contribution is 2.16. The monoisotopic (exact) mass is 287 g/mol. The van der Waals surface area contributed by atoms with Gasteiger partial charge in [-0.2, -0.15) is 9.40 Å². The molecule has 0 saturated carbocycles. The highest BCUT2D eigenvalue weighted by Gasteiger charge is 2.26. The molecule has 8 heteroatoms. The average molecular weight is 287 g/mol. The Morgan fingerprint density at radius 1 is 1.58 bits per heavy atom. The summed E-state index contributed by atoms with van der Waals surface area (Å²) in [5.74, 6) is 0.175. The fourth-order valence-electron chi connectivity index (χ4n) is 1.64. The van der Waals surface area contributed by atoms with E-state index in [9.17, 15) is 8.42 Å². The van der Waals surface area contributed by atoms with Crippen LogP contribution in [0.1, 0.15) is 20.3 Å². The van der Waals surface area contributed by atoms with E-state index in [1.165, 1.54) is 21.4 Å². The smallest absolute Gasteiger partial charge is 0.246 e. The lowest BCUT2D eigenvalue weighted by molar-refractivity contribution is 0.374. The first-order chi connectivity index (χ1) is 8.73. The van der Waals surface area contributed by atoms with Crippen molar-refractivity contribution in [3.05, 3.63) is 12.4 Å². The Balaban J connectivity index is 2.98. The summed E-state index contributed by atoms with van der Waals surface area (Å²) in [5.41, 5.74) is 5.30. The molecule has 108 valence electrons. The third kappa shape index (κ3) is 4.32. The lowest BCUT2D eigenvalue weighted by Gasteiger charge is -2.23. The first-order valence-corrected chi connectivity index (χ1v) is 7.49. The number of aryl methyl sites for hydroxylation is 1. The number of amidine groups is 1. The van der Waals surface area contributed by atoms with Crippen LogP contribution in [0.25, 0.3) is 0 Å². The topological polar surface area (TPSA) is 105 Å². The predicted octanol–water partition coefficient (Wildman–Crippen LogP) is 0.393. The Hall–Kier alpha value is -1.41. The second-order valence-electron chi connectivity index (χ2n) is 4.88. The van der Waals surface area contributed by atoms with Crippen molar-refractivity contribution in [1.82, 2.24) is 14.1 Å². The number of nitrogens with zero attached hydrogens (tertiary/aromatic N) is 3. The third-order valence-electron chi connectivity index (χ3n) is 2.52. The summed E-state index contributed by atoms with van der Waals surface area (Å²) < 4.78 is 27.7. The molecule has 1 heterocycles. The molecule has 1 aromatic heterocycles. The molecule has 1 aromatic rings. The highest BCUT2D eigenvalue weighted by molar-refractivity contribution is 7.89. The minimum Gasteiger partial charge on any atom is -0.388 e. The molecule has 0 saturated heterocycles. The molecule has 0 aliphatic rings. The molecule has 3 N–H and O–H groups in total. The molecule has 0 fully saturated rings. The van der Waals surface area contributed by atoms with Gasteiger partial charge in [-0.1, -0.05) is 13.8 Å². The van der Waals surface area contributed by atoms with Gasteiger partial charge in [-0.05, 0) is 5.92 Å². The molecular weight excluding hydrogens is 266 g/mol. The number of nitrogens with one attached hydrogen (secondary N) is 1. The van der Waals surface area contributed by atoms with Gasteiger partial charge < -0.3 is 5.73 Å². The zero-order valence-corrected chi connectivity index (χ0v) is 12.3. The minimum absolute atomic E-state index is 0.0184. The van der Waals surface area contributed by atoms with Gasteiger partial charge in [0.15, 0.2) is 0 Å². The van der Waals surface area contributed by atoms with Crippen molar-refractivity contribution in [1.29, 1.82) is 5.41 Å². The van der Waals surface area contributed by atoms with Crippen molar-refractivity contribution in [2.24, 2.45) is 18.7 Å². The van der Waals surface area contributed by atoms with Crippen molar-refractivity contribution < 1.29 is 8.42 Å². The third-order valence-corrected chi connectivity index (χ3v) is 4.34. The van der Waals surface area contributed by atoms with Crippen molar-refractivity contribution >= 4 is 15.9 Å². The van der Waals surface area contributed by atoms with Crippen LogP contribution < -0.4 is 5.73 Å². The maximum absolute atomic E-state index is 12.5. The van der Waals surface area contributed by atoms with Crippen LogP contribution in [0.15, 0.2) is 17.3 Å². The summed E-state index contributed by atoms with van der Waals surface area (Å²) in [7, 11) is -1.91. The van der Waals surface area contributed by atoms with Gasteiger partial charge in [0.05, 0.1) is 12.0 Å². The summed E-state index contributed by atoms with van der Waals surface area (Å²) in [6.45, 7) is 4.49. The van der Waals surface area contributed by atoms with Crippen molar-refractivity contribution in [3.63, 3.8) is 0 Å². The molecule has 0 bridgehead atoms. The van der Waals surface area contributed by atoms with E-state index in [2.05, 4.69) is 5.10 Å². The summed E-state index contributed by atoms with van der Waals surface area (Å²) in [6, 6.07) is 0. The molecule has 0 amide bonds. The van der Waals surface area contributed by atoms with Gasteiger partial charge in [0, 0.05) is 32.8 Å². The Kier molecular flexibility index (Phi) is 5.07. The van der Waals surface area contributed by atoms with Crippen molar-refractivity contribution in [2.45, 2.75) is 25.2 Å². The number of hydrogen-bond donors (Lipinski definition) is 2. The standard InChI is InChI=1S/C11H21N5O2S/c1-9(2)7-16(5-4-11(12)13)19(17,18)10-6-14-15(3)8-10/h6,8-9H,4-5,7H2,1-3H3,(H3,12,13). The van der Waals surface area contributed by atoms with Crippen LogP contribution in [-0.4, -0.2) is 41.4 Å². The number of hydrogen-bond acceptors (Lipinski definition) is 4. The molecular formula is C11H21N5O2S. The quantitative estimate of drug-likeness (QED) is 0.559. The first kappa shape index (κ1) is 15.6. The SMILES string of the molecule is CC(C)CN(CCC(=N)N)S(=O)(=O)c1cnn(C)c1. The Bertz CT molecular complexity index is 535. The van der Waals surface area contributed by atoms with Crippen LogP contribution in [0.3, 0.4) is 0 Å². The average Bonchev–Trinajstić information content (AvgIpc) is 2.70. The van der Waals surface area contributed by atoms with Crippen LogP contribution in [0, 0.1) is 11.3 Å². The maximum Gasteiger partial charge on any atom is 0.246 e. The van der Waals surface area contributed by atoms with Gasteiger partial charge >= 0.3 is 0 Å². The molecule has 0 unspecified atom stereocenters. The molecule has 0 radical (unpaired) electrons. The molecule has 0 aromatic carbocycles. The van der Waals surface area contributed by atoms with E-state index in [1.54, 1.807) is 7.05 Å². The molecule has 0 atom stereocenters. The molecule has 19 heavy (non-hydrogen) atoms. The molecule has 1 rings (SSSR count). The van der Waals surface area contributed by atoms with E-state index in [1.807, 2.05) is 13.8 Å². The lowest BCUT2D eigenvalue weighted by Crippen LogP contribution is -2.36. The van der Waals surface area contributed by atoms with Crippen LogP contribution in [0.2, 0.25) is 0 Å². The lowest BCUT2D eigenvalue weighted by atomic mass is 10.2. The second-order valence-corrected chi connectivity index (χ2v) is 6.82. The van der Waals surface area contributed by atoms with Gasteiger partial charge in [0.2, 0.25) is 10.0 Å². The number of aromatic nitrogens is 2. The molecule has 0 aliphatic heterocycles. The van der Waals surface area contributed by atoms with Crippen LogP contribution in [0.4, 0.5) is 0 Å². The second kappa shape index (κ2) is 6.16. The van der Waals surface area contributed by atoms with Crippen LogP contribution >= 0.6 is 0 Å². The van der Waals surface area contributed by atoms with Gasteiger partial charge in [0.25, 0.3) is 0 Å². The maximum atomic E-state index is 12.5. The summed E-state index contributed by atoms with van der Waals surface area (Å²) in [5, 5.41) is 11.1. The summed E-state index contributed by atoms with van der Waals surface area (Å²) in [6.07, 6.45) is 3.03. The Morgan fingerprint density at radius 3 is 2.63 bits per heavy atom. The van der Waals surface area contributed by atoms with Gasteiger partial charge in [-0.3, -0.25) is 10.1 Å². The van der Waals surface area contributed by atoms with Gasteiger partial charge in [-0.25, -0.2) is 8.42 Å². The van der Waals surface area contributed by atoms with Crippen LogP contribution in [-0.2, 0) is 17.1 Å². The largest absolute Gasteiger partial charge is 0.388 e. The number of sulfonamides is 1. The van der Waals surface area contributed by atoms with E-state index in [0.717, 1.165) is 0 Å². The molecule has 7 nitrogen and oxygen atoms in total. The van der Waals surface area contributed by atoms with Crippen LogP contribution in [0.5, 0.6) is 0 Å². The molecule has 0 aliphatic carbocycles. The van der Waals surface area contributed by atoms with E-state index in [4.69, 9.17) is 11.1 Å². The van der Waals surface area contributed by atoms with Gasteiger partial charge in [0.1, 0.15) is 4.90 Å². The Morgan fingerprint density at radius 2 is 2.21 bits per heavy atom. The van der Waals surface area contributed by atoms with E-state index < -0.39 is 10.0 Å². The van der Waals surface area contributed by atoms with Crippen molar-refractivity contribution in [2.75, 3.05) is 13.1 Å². The zero-order chi connectivity index (χ0) is 14.6. The first-order valence-electron chi connectivity index (χ1n) is 6.05. The van der Waals surface area contributed by atoms with Gasteiger partial charge in [-0.15, -0.1) is 0 Å². The number of nitrogens with two attached hydrogens (primary N) is 1. The summed E-state index contributed by atoms with van der Waals surface area (Å²) in [4.78, 5) is 0.166. The fraction of sp³-hybridized carbons (Fsp3) is 0.636. The number of rotatable bonds is 7. The Labute approximate surface area is 114 Å². The van der Waals surface area contributed by atoms with E-state index in [0.29, 0.717) is 6.54 Å². The zero-order valence-electron chi connectivity index (χ0n) is 11.5. The normalized spacial score (nSPS) is 12.3. The highest BCUT2D eigenvalue weighted by atomic mass is 32.2. The summed E-state index contributed by atoms with van der Waals surface area (Å²) >= 11 is 0.